The van der Waals surface area contributed by atoms with E-state index in [0.717, 1.165) is 29.2 Å². The number of hydrogen-bond acceptors (Lipinski definition) is 4. The molecule has 0 aliphatic rings. The fourth-order valence-electron chi connectivity index (χ4n) is 2.25. The molecule has 3 heterocycles. The number of imidazole rings is 1. The van der Waals surface area contributed by atoms with Crippen molar-refractivity contribution in [3.8, 4) is 0 Å². The average Bonchev–Trinajstić information content (AvgIpc) is 2.78. The Morgan fingerprint density at radius 2 is 2.05 bits per heavy atom. The number of fused-ring (bicyclic) bond motifs is 1. The van der Waals surface area contributed by atoms with Crippen molar-refractivity contribution < 1.29 is 0 Å². The highest BCUT2D eigenvalue weighted by atomic mass is 35.5. The predicted molar refractivity (Wildman–Crippen MR) is 83.3 cm³/mol. The molecule has 5 nitrogen and oxygen atoms in total. The van der Waals surface area contributed by atoms with Crippen molar-refractivity contribution >= 4 is 22.8 Å². The van der Waals surface area contributed by atoms with Gasteiger partial charge < -0.3 is 9.47 Å². The quantitative estimate of drug-likeness (QED) is 0.743. The second-order valence-electron chi connectivity index (χ2n) is 5.17. The van der Waals surface area contributed by atoms with Crippen molar-refractivity contribution in [2.45, 2.75) is 13.1 Å². The second-order valence-corrected chi connectivity index (χ2v) is 5.60. The van der Waals surface area contributed by atoms with E-state index in [1.807, 2.05) is 38.4 Å². The lowest BCUT2D eigenvalue weighted by Gasteiger charge is -2.12. The first-order valence-corrected chi connectivity index (χ1v) is 7.06. The van der Waals surface area contributed by atoms with Crippen molar-refractivity contribution in [3.63, 3.8) is 0 Å². The van der Waals surface area contributed by atoms with E-state index in [2.05, 4.69) is 24.4 Å². The molecular weight excluding hydrogens is 286 g/mol. The molecule has 0 aliphatic heterocycles. The van der Waals surface area contributed by atoms with Crippen LogP contribution in [-0.4, -0.2) is 38.5 Å². The molecule has 0 N–H and O–H groups in total. The van der Waals surface area contributed by atoms with Gasteiger partial charge in [-0.25, -0.2) is 9.97 Å². The first-order chi connectivity index (χ1) is 10.1. The van der Waals surface area contributed by atoms with Gasteiger partial charge in [0.1, 0.15) is 5.82 Å². The molecule has 3 aromatic heterocycles. The molecule has 0 aliphatic carbocycles. The van der Waals surface area contributed by atoms with Crippen LogP contribution in [-0.2, 0) is 13.1 Å². The summed E-state index contributed by atoms with van der Waals surface area (Å²) in [6, 6.07) is 7.75. The Morgan fingerprint density at radius 1 is 1.19 bits per heavy atom. The largest absolute Gasteiger partial charge is 0.319 e. The Morgan fingerprint density at radius 3 is 2.76 bits per heavy atom. The lowest BCUT2D eigenvalue weighted by atomic mass is 10.3. The Balaban J connectivity index is 2.03. The summed E-state index contributed by atoms with van der Waals surface area (Å²) in [4.78, 5) is 15.4. The normalized spacial score (nSPS) is 11.4. The Bertz CT molecular complexity index is 748. The molecule has 0 unspecified atom stereocenters. The molecule has 21 heavy (non-hydrogen) atoms. The van der Waals surface area contributed by atoms with E-state index < -0.39 is 0 Å². The van der Waals surface area contributed by atoms with E-state index in [9.17, 15) is 0 Å². The van der Waals surface area contributed by atoms with Gasteiger partial charge in [-0.05, 0) is 38.4 Å². The molecular formula is C15H16ClN5. The van der Waals surface area contributed by atoms with Crippen LogP contribution >= 0.6 is 11.6 Å². The third-order valence-electron chi connectivity index (χ3n) is 3.17. The van der Waals surface area contributed by atoms with Gasteiger partial charge in [0.15, 0.2) is 5.65 Å². The maximum absolute atomic E-state index is 5.89. The molecule has 0 aromatic carbocycles. The summed E-state index contributed by atoms with van der Waals surface area (Å²) in [7, 11) is 4.05. The third-order valence-corrected chi connectivity index (χ3v) is 3.39. The van der Waals surface area contributed by atoms with Crippen molar-refractivity contribution in [2.24, 2.45) is 0 Å². The van der Waals surface area contributed by atoms with Crippen molar-refractivity contribution in [1.82, 2.24) is 24.4 Å². The van der Waals surface area contributed by atoms with Crippen LogP contribution in [0.5, 0.6) is 0 Å². The highest BCUT2D eigenvalue weighted by molar-refractivity contribution is 6.30. The molecule has 0 spiro atoms. The fraction of sp³-hybridized carbons (Fsp3) is 0.267. The van der Waals surface area contributed by atoms with Crippen LogP contribution in [0.4, 0.5) is 0 Å². The van der Waals surface area contributed by atoms with Crippen LogP contribution in [0.2, 0.25) is 5.02 Å². The SMILES string of the molecule is CN(C)Cc1nc2ncccc2n1Cc1ccc(Cl)cn1. The van der Waals surface area contributed by atoms with Crippen molar-refractivity contribution in [3.05, 3.63) is 53.2 Å². The van der Waals surface area contributed by atoms with E-state index in [4.69, 9.17) is 11.6 Å². The molecule has 0 amide bonds. The third kappa shape index (κ3) is 3.04. The molecule has 0 saturated heterocycles. The number of nitrogens with zero attached hydrogens (tertiary/aromatic N) is 5. The molecule has 0 fully saturated rings. The minimum Gasteiger partial charge on any atom is -0.319 e. The zero-order valence-electron chi connectivity index (χ0n) is 12.0. The fourth-order valence-corrected chi connectivity index (χ4v) is 2.36. The van der Waals surface area contributed by atoms with Crippen LogP contribution in [0.1, 0.15) is 11.5 Å². The summed E-state index contributed by atoms with van der Waals surface area (Å²) in [6.45, 7) is 1.41. The standard InChI is InChI=1S/C15H16ClN5/c1-20(2)10-14-19-15-13(4-3-7-17-15)21(14)9-12-6-5-11(16)8-18-12/h3-8H,9-10H2,1-2H3. The first-order valence-electron chi connectivity index (χ1n) is 6.69. The Kier molecular flexibility index (Phi) is 3.86. The average molecular weight is 302 g/mol. The van der Waals surface area contributed by atoms with Crippen molar-refractivity contribution in [1.29, 1.82) is 0 Å². The van der Waals surface area contributed by atoms with Gasteiger partial charge in [-0.1, -0.05) is 11.6 Å². The molecule has 0 saturated carbocycles. The maximum Gasteiger partial charge on any atom is 0.177 e. The summed E-state index contributed by atoms with van der Waals surface area (Å²) < 4.78 is 2.15. The lowest BCUT2D eigenvalue weighted by Crippen LogP contribution is -2.16. The summed E-state index contributed by atoms with van der Waals surface area (Å²) in [5.74, 6) is 0.977. The van der Waals surface area contributed by atoms with Gasteiger partial charge in [-0.3, -0.25) is 4.98 Å². The highest BCUT2D eigenvalue weighted by Gasteiger charge is 2.12. The molecule has 0 bridgehead atoms. The van der Waals surface area contributed by atoms with Gasteiger partial charge in [0.25, 0.3) is 0 Å². The number of aromatic nitrogens is 4. The molecule has 3 aromatic rings. The Labute approximate surface area is 128 Å². The van der Waals surface area contributed by atoms with Gasteiger partial charge in [0.05, 0.1) is 29.3 Å². The number of pyridine rings is 2. The van der Waals surface area contributed by atoms with Crippen LogP contribution in [0.15, 0.2) is 36.7 Å². The topological polar surface area (TPSA) is 46.8 Å². The molecule has 0 radical (unpaired) electrons. The summed E-state index contributed by atoms with van der Waals surface area (Å²) >= 11 is 5.89. The molecule has 6 heteroatoms. The zero-order valence-corrected chi connectivity index (χ0v) is 12.7. The minimum absolute atomic E-state index is 0.643. The van der Waals surface area contributed by atoms with Gasteiger partial charge >= 0.3 is 0 Å². The summed E-state index contributed by atoms with van der Waals surface area (Å²) in [5.41, 5.74) is 2.73. The van der Waals surface area contributed by atoms with Crippen LogP contribution in [0, 0.1) is 0 Å². The van der Waals surface area contributed by atoms with Gasteiger partial charge in [0, 0.05) is 12.4 Å². The summed E-state index contributed by atoms with van der Waals surface area (Å²) in [6.07, 6.45) is 3.43. The van der Waals surface area contributed by atoms with Gasteiger partial charge in [-0.2, -0.15) is 0 Å². The number of hydrogen-bond donors (Lipinski definition) is 0. The molecule has 3 rings (SSSR count). The predicted octanol–water partition coefficient (Wildman–Crippen LogP) is 2.59. The molecule has 0 atom stereocenters. The highest BCUT2D eigenvalue weighted by Crippen LogP contribution is 2.17. The van der Waals surface area contributed by atoms with Gasteiger partial charge in [0.2, 0.25) is 0 Å². The summed E-state index contributed by atoms with van der Waals surface area (Å²) in [5, 5.41) is 0.643. The minimum atomic E-state index is 0.643. The first kappa shape index (κ1) is 14.0. The van der Waals surface area contributed by atoms with Gasteiger partial charge in [-0.15, -0.1) is 0 Å². The van der Waals surface area contributed by atoms with Crippen LogP contribution in [0.25, 0.3) is 11.2 Å². The Hall–Kier alpha value is -1.98. The van der Waals surface area contributed by atoms with Crippen molar-refractivity contribution in [2.75, 3.05) is 14.1 Å². The maximum atomic E-state index is 5.89. The van der Waals surface area contributed by atoms with Crippen LogP contribution in [0.3, 0.4) is 0 Å². The van der Waals surface area contributed by atoms with E-state index in [0.29, 0.717) is 11.6 Å². The van der Waals surface area contributed by atoms with E-state index in [-0.39, 0.29) is 0 Å². The number of rotatable bonds is 4. The van der Waals surface area contributed by atoms with E-state index in [1.165, 1.54) is 0 Å². The molecule has 108 valence electrons. The zero-order chi connectivity index (χ0) is 14.8. The van der Waals surface area contributed by atoms with E-state index in [1.54, 1.807) is 12.4 Å². The monoisotopic (exact) mass is 301 g/mol. The van der Waals surface area contributed by atoms with E-state index >= 15 is 0 Å². The number of halogens is 1. The lowest BCUT2D eigenvalue weighted by molar-refractivity contribution is 0.383. The second kappa shape index (κ2) is 5.79. The van der Waals surface area contributed by atoms with Crippen LogP contribution < -0.4 is 0 Å². The smallest absolute Gasteiger partial charge is 0.177 e.